The van der Waals surface area contributed by atoms with E-state index >= 15 is 0 Å². The average molecular weight is 243 g/mol. The van der Waals surface area contributed by atoms with Gasteiger partial charge in [0.05, 0.1) is 19.1 Å². The SMILES string of the molecule is COCCN(CC(=O)O)C(=O)N(C)CCC#N. The van der Waals surface area contributed by atoms with Gasteiger partial charge in [0.1, 0.15) is 6.54 Å². The number of amides is 2. The summed E-state index contributed by atoms with van der Waals surface area (Å²) >= 11 is 0. The third-order valence-corrected chi connectivity index (χ3v) is 2.05. The lowest BCUT2D eigenvalue weighted by Gasteiger charge is -2.26. The van der Waals surface area contributed by atoms with Gasteiger partial charge in [-0.25, -0.2) is 4.79 Å². The monoisotopic (exact) mass is 243 g/mol. The molecule has 0 spiro atoms. The second-order valence-corrected chi connectivity index (χ2v) is 3.42. The van der Waals surface area contributed by atoms with Crippen LogP contribution in [-0.4, -0.2) is 67.3 Å². The van der Waals surface area contributed by atoms with Crippen molar-refractivity contribution < 1.29 is 19.4 Å². The van der Waals surface area contributed by atoms with Gasteiger partial charge < -0.3 is 19.6 Å². The third-order valence-electron chi connectivity index (χ3n) is 2.05. The summed E-state index contributed by atoms with van der Waals surface area (Å²) < 4.78 is 4.81. The quantitative estimate of drug-likeness (QED) is 0.678. The fraction of sp³-hybridized carbons (Fsp3) is 0.700. The number of carboxylic acid groups (broad SMARTS) is 1. The summed E-state index contributed by atoms with van der Waals surface area (Å²) in [7, 11) is 3.00. The highest BCUT2D eigenvalue weighted by Gasteiger charge is 2.19. The summed E-state index contributed by atoms with van der Waals surface area (Å²) in [5, 5.41) is 17.1. The van der Waals surface area contributed by atoms with Crippen molar-refractivity contribution in [1.29, 1.82) is 5.26 Å². The van der Waals surface area contributed by atoms with Crippen LogP contribution in [0.3, 0.4) is 0 Å². The molecule has 7 nitrogen and oxygen atoms in total. The fourth-order valence-corrected chi connectivity index (χ4v) is 1.16. The molecular weight excluding hydrogens is 226 g/mol. The van der Waals surface area contributed by atoms with Gasteiger partial charge >= 0.3 is 12.0 Å². The van der Waals surface area contributed by atoms with Gasteiger partial charge in [0.15, 0.2) is 0 Å². The molecule has 0 aromatic heterocycles. The Balaban J connectivity index is 4.39. The zero-order valence-corrected chi connectivity index (χ0v) is 10.0. The van der Waals surface area contributed by atoms with Crippen molar-refractivity contribution in [1.82, 2.24) is 9.80 Å². The summed E-state index contributed by atoms with van der Waals surface area (Å²) in [5.41, 5.74) is 0. The second kappa shape index (κ2) is 8.35. The van der Waals surface area contributed by atoms with Gasteiger partial charge in [-0.15, -0.1) is 0 Å². The first-order valence-electron chi connectivity index (χ1n) is 5.10. The number of carbonyl (C=O) groups is 2. The number of ether oxygens (including phenoxy) is 1. The van der Waals surface area contributed by atoms with Crippen LogP contribution in [0.5, 0.6) is 0 Å². The van der Waals surface area contributed by atoms with Gasteiger partial charge in [-0.05, 0) is 0 Å². The molecule has 0 aliphatic carbocycles. The Morgan fingerprint density at radius 1 is 1.41 bits per heavy atom. The van der Waals surface area contributed by atoms with E-state index in [4.69, 9.17) is 15.1 Å². The van der Waals surface area contributed by atoms with Crippen molar-refractivity contribution >= 4 is 12.0 Å². The fourth-order valence-electron chi connectivity index (χ4n) is 1.16. The maximum Gasteiger partial charge on any atom is 0.323 e. The van der Waals surface area contributed by atoms with Gasteiger partial charge in [-0.2, -0.15) is 5.26 Å². The third kappa shape index (κ3) is 6.37. The number of aliphatic carboxylic acids is 1. The van der Waals surface area contributed by atoms with Crippen molar-refractivity contribution in [3.05, 3.63) is 0 Å². The van der Waals surface area contributed by atoms with Crippen molar-refractivity contribution in [3.63, 3.8) is 0 Å². The number of hydrogen-bond donors (Lipinski definition) is 1. The highest BCUT2D eigenvalue weighted by molar-refractivity contribution is 5.80. The van der Waals surface area contributed by atoms with Crippen molar-refractivity contribution in [3.8, 4) is 6.07 Å². The van der Waals surface area contributed by atoms with E-state index in [9.17, 15) is 9.59 Å². The molecule has 17 heavy (non-hydrogen) atoms. The number of nitrogens with zero attached hydrogens (tertiary/aromatic N) is 3. The first-order valence-corrected chi connectivity index (χ1v) is 5.10. The van der Waals surface area contributed by atoms with E-state index in [0.717, 1.165) is 0 Å². The van der Waals surface area contributed by atoms with Crippen LogP contribution in [-0.2, 0) is 9.53 Å². The Morgan fingerprint density at radius 2 is 2.06 bits per heavy atom. The van der Waals surface area contributed by atoms with Crippen molar-refractivity contribution in [2.45, 2.75) is 6.42 Å². The van der Waals surface area contributed by atoms with E-state index in [-0.39, 0.29) is 32.7 Å². The molecule has 0 rings (SSSR count). The van der Waals surface area contributed by atoms with Crippen LogP contribution in [0.25, 0.3) is 0 Å². The summed E-state index contributed by atoms with van der Waals surface area (Å²) in [6, 6.07) is 1.51. The average Bonchev–Trinajstić information content (AvgIpc) is 2.29. The Morgan fingerprint density at radius 3 is 2.53 bits per heavy atom. The van der Waals surface area contributed by atoms with E-state index in [1.54, 1.807) is 0 Å². The van der Waals surface area contributed by atoms with E-state index < -0.39 is 12.0 Å². The predicted octanol–water partition coefficient (Wildman–Crippen LogP) is -0.0151. The van der Waals surface area contributed by atoms with Crippen LogP contribution in [0.4, 0.5) is 4.79 Å². The normalized spacial score (nSPS) is 9.47. The highest BCUT2D eigenvalue weighted by atomic mass is 16.5. The summed E-state index contributed by atoms with van der Waals surface area (Å²) in [6.07, 6.45) is 0.216. The van der Waals surface area contributed by atoms with Gasteiger partial charge in [-0.3, -0.25) is 4.79 Å². The van der Waals surface area contributed by atoms with E-state index in [1.165, 1.54) is 24.0 Å². The topological polar surface area (TPSA) is 93.9 Å². The van der Waals surface area contributed by atoms with Crippen molar-refractivity contribution in [2.24, 2.45) is 0 Å². The van der Waals surface area contributed by atoms with Crippen LogP contribution in [0.15, 0.2) is 0 Å². The van der Waals surface area contributed by atoms with E-state index in [0.29, 0.717) is 0 Å². The van der Waals surface area contributed by atoms with Crippen LogP contribution in [0.2, 0.25) is 0 Å². The molecule has 96 valence electrons. The Bertz CT molecular complexity index is 300. The molecule has 0 heterocycles. The lowest BCUT2D eigenvalue weighted by Crippen LogP contribution is -2.45. The van der Waals surface area contributed by atoms with Gasteiger partial charge in [0.25, 0.3) is 0 Å². The number of urea groups is 1. The molecule has 0 saturated carbocycles. The first-order chi connectivity index (χ1) is 8.02. The van der Waals surface area contributed by atoms with Crippen LogP contribution < -0.4 is 0 Å². The largest absolute Gasteiger partial charge is 0.480 e. The Kier molecular flexibility index (Phi) is 7.46. The van der Waals surface area contributed by atoms with Crippen molar-refractivity contribution in [2.75, 3.05) is 40.4 Å². The minimum absolute atomic E-state index is 0.207. The smallest absolute Gasteiger partial charge is 0.323 e. The molecule has 0 saturated heterocycles. The van der Waals surface area contributed by atoms with Gasteiger partial charge in [0.2, 0.25) is 0 Å². The number of methoxy groups -OCH3 is 1. The highest BCUT2D eigenvalue weighted by Crippen LogP contribution is 1.98. The lowest BCUT2D eigenvalue weighted by molar-refractivity contribution is -0.137. The van der Waals surface area contributed by atoms with E-state index in [1.807, 2.05) is 6.07 Å². The molecule has 2 amide bonds. The molecular formula is C10H17N3O4. The molecule has 1 N–H and O–H groups in total. The van der Waals surface area contributed by atoms with Crippen LogP contribution in [0.1, 0.15) is 6.42 Å². The van der Waals surface area contributed by atoms with Gasteiger partial charge in [-0.1, -0.05) is 0 Å². The molecule has 0 radical (unpaired) electrons. The minimum Gasteiger partial charge on any atom is -0.480 e. The number of nitriles is 1. The number of rotatable bonds is 7. The second-order valence-electron chi connectivity index (χ2n) is 3.42. The molecule has 0 fully saturated rings. The predicted molar refractivity (Wildman–Crippen MR) is 59.3 cm³/mol. The Hall–Kier alpha value is -1.81. The zero-order chi connectivity index (χ0) is 13.3. The maximum absolute atomic E-state index is 11.8. The molecule has 0 bridgehead atoms. The molecule has 0 unspecified atom stereocenters. The summed E-state index contributed by atoms with van der Waals surface area (Å²) in [6.45, 7) is 0.376. The van der Waals surface area contributed by atoms with Gasteiger partial charge in [0, 0.05) is 27.2 Å². The lowest BCUT2D eigenvalue weighted by atomic mass is 10.4. The number of hydrogen-bond acceptors (Lipinski definition) is 4. The number of carbonyl (C=O) groups excluding carboxylic acids is 1. The molecule has 0 aliphatic rings. The summed E-state index contributed by atoms with van der Waals surface area (Å²) in [4.78, 5) is 24.9. The number of carboxylic acids is 1. The van der Waals surface area contributed by atoms with Crippen LogP contribution in [0, 0.1) is 11.3 Å². The summed E-state index contributed by atoms with van der Waals surface area (Å²) in [5.74, 6) is -1.08. The molecule has 0 aromatic carbocycles. The maximum atomic E-state index is 11.8. The zero-order valence-electron chi connectivity index (χ0n) is 10.0. The standard InChI is InChI=1S/C10H17N3O4/c1-12(5-3-4-11)10(16)13(6-7-17-2)8-9(14)15/h3,5-8H2,1-2H3,(H,14,15). The molecule has 7 heteroatoms. The first kappa shape index (κ1) is 15.2. The molecule has 0 aromatic rings. The molecule has 0 atom stereocenters. The molecule has 0 aliphatic heterocycles. The minimum atomic E-state index is -1.08. The Labute approximate surface area is 100 Å². The van der Waals surface area contributed by atoms with Crippen LogP contribution >= 0.6 is 0 Å². The van der Waals surface area contributed by atoms with E-state index in [2.05, 4.69) is 0 Å².